The van der Waals surface area contributed by atoms with Gasteiger partial charge < -0.3 is 31.1 Å². The summed E-state index contributed by atoms with van der Waals surface area (Å²) in [7, 11) is -2.64. The van der Waals surface area contributed by atoms with E-state index in [1.54, 1.807) is 13.8 Å². The average molecular weight is 310 g/mol. The van der Waals surface area contributed by atoms with Crippen LogP contribution in [-0.4, -0.2) is 50.2 Å². The first kappa shape index (κ1) is 19.0. The fourth-order valence-electron chi connectivity index (χ4n) is 0.981. The SMILES string of the molecule is C[C@@H](N)C(=O)NCCO[PH](=O)OCCNC(=O)[C@@H](C)N. The topological polar surface area (TPSA) is 146 Å². The molecule has 2 amide bonds. The minimum atomic E-state index is -2.64. The van der Waals surface area contributed by atoms with E-state index in [9.17, 15) is 14.2 Å². The van der Waals surface area contributed by atoms with Crippen LogP contribution in [0.25, 0.3) is 0 Å². The van der Waals surface area contributed by atoms with Gasteiger partial charge >= 0.3 is 8.25 Å². The van der Waals surface area contributed by atoms with Gasteiger partial charge in [0.1, 0.15) is 0 Å². The zero-order chi connectivity index (χ0) is 15.5. The Kier molecular flexibility index (Phi) is 10.2. The van der Waals surface area contributed by atoms with E-state index in [-0.39, 0.29) is 38.1 Å². The highest BCUT2D eigenvalue weighted by atomic mass is 31.1. The van der Waals surface area contributed by atoms with Crippen LogP contribution in [0.1, 0.15) is 13.8 Å². The van der Waals surface area contributed by atoms with Crippen LogP contribution >= 0.6 is 8.25 Å². The molecule has 0 aromatic rings. The summed E-state index contributed by atoms with van der Waals surface area (Å²) < 4.78 is 21.0. The van der Waals surface area contributed by atoms with Crippen LogP contribution in [0.2, 0.25) is 0 Å². The van der Waals surface area contributed by atoms with Crippen LogP contribution in [0, 0.1) is 0 Å². The van der Waals surface area contributed by atoms with Gasteiger partial charge in [0, 0.05) is 13.1 Å². The number of nitrogens with two attached hydrogens (primary N) is 2. The molecule has 20 heavy (non-hydrogen) atoms. The standard InChI is InChI=1S/C10H23N4O5P/c1-7(11)9(15)13-3-5-18-20(17)19-6-4-14-10(16)8(2)12/h7-8,20H,3-6,11-12H2,1-2H3,(H,13,15)(H,14,16)/t7-,8-/m1/s1. The predicted molar refractivity (Wildman–Crippen MR) is 74.2 cm³/mol. The smallest absolute Gasteiger partial charge is 0.319 e. The Morgan fingerprint density at radius 3 is 1.65 bits per heavy atom. The zero-order valence-electron chi connectivity index (χ0n) is 11.7. The van der Waals surface area contributed by atoms with Gasteiger partial charge in [-0.1, -0.05) is 0 Å². The number of hydrogen-bond donors (Lipinski definition) is 4. The number of carbonyl (C=O) groups excluding carboxylic acids is 2. The lowest BCUT2D eigenvalue weighted by atomic mass is 10.3. The molecule has 6 N–H and O–H groups in total. The molecular formula is C10H23N4O5P. The molecule has 9 nitrogen and oxygen atoms in total. The van der Waals surface area contributed by atoms with E-state index in [1.807, 2.05) is 0 Å². The maximum atomic E-state index is 11.3. The van der Waals surface area contributed by atoms with Gasteiger partial charge in [-0.3, -0.25) is 14.2 Å². The monoisotopic (exact) mass is 310 g/mol. The van der Waals surface area contributed by atoms with Crippen LogP contribution in [0.4, 0.5) is 0 Å². The van der Waals surface area contributed by atoms with E-state index in [0.29, 0.717) is 0 Å². The molecule has 0 unspecified atom stereocenters. The van der Waals surface area contributed by atoms with Crippen LogP contribution < -0.4 is 22.1 Å². The summed E-state index contributed by atoms with van der Waals surface area (Å²) in [5.41, 5.74) is 10.7. The van der Waals surface area contributed by atoms with E-state index in [2.05, 4.69) is 10.6 Å². The normalized spacial score (nSPS) is 13.8. The highest BCUT2D eigenvalue weighted by molar-refractivity contribution is 7.33. The fourth-order valence-corrected chi connectivity index (χ4v) is 1.60. The van der Waals surface area contributed by atoms with Crippen molar-refractivity contribution >= 4 is 20.1 Å². The van der Waals surface area contributed by atoms with Gasteiger partial charge in [0.2, 0.25) is 11.8 Å². The van der Waals surface area contributed by atoms with Gasteiger partial charge in [-0.15, -0.1) is 0 Å². The van der Waals surface area contributed by atoms with E-state index >= 15 is 0 Å². The lowest BCUT2D eigenvalue weighted by Gasteiger charge is -2.09. The molecule has 0 aromatic carbocycles. The lowest BCUT2D eigenvalue weighted by Crippen LogP contribution is -2.39. The van der Waals surface area contributed by atoms with E-state index in [1.165, 1.54) is 0 Å². The van der Waals surface area contributed by atoms with Gasteiger partial charge in [0.25, 0.3) is 0 Å². The highest BCUT2D eigenvalue weighted by Crippen LogP contribution is 2.22. The van der Waals surface area contributed by atoms with Crippen LogP contribution in [0.5, 0.6) is 0 Å². The summed E-state index contributed by atoms with van der Waals surface area (Å²) >= 11 is 0. The minimum absolute atomic E-state index is 0.0580. The summed E-state index contributed by atoms with van der Waals surface area (Å²) in [5, 5.41) is 4.99. The number of amides is 2. The van der Waals surface area contributed by atoms with Crippen molar-refractivity contribution in [2.24, 2.45) is 11.5 Å². The first-order valence-corrected chi connectivity index (χ1v) is 7.43. The van der Waals surface area contributed by atoms with Crippen molar-refractivity contribution in [3.8, 4) is 0 Å². The summed E-state index contributed by atoms with van der Waals surface area (Å²) in [4.78, 5) is 22.1. The molecule has 0 saturated heterocycles. The molecule has 118 valence electrons. The van der Waals surface area contributed by atoms with Crippen molar-refractivity contribution in [2.45, 2.75) is 25.9 Å². The summed E-state index contributed by atoms with van der Waals surface area (Å²) in [6.07, 6.45) is 0. The highest BCUT2D eigenvalue weighted by Gasteiger charge is 2.07. The summed E-state index contributed by atoms with van der Waals surface area (Å²) in [6, 6.07) is -1.20. The van der Waals surface area contributed by atoms with Gasteiger partial charge in [0.05, 0.1) is 25.3 Å². The first-order chi connectivity index (χ1) is 9.34. The van der Waals surface area contributed by atoms with Gasteiger partial charge in [-0.2, -0.15) is 0 Å². The maximum absolute atomic E-state index is 11.3. The Morgan fingerprint density at radius 1 is 1.00 bits per heavy atom. The van der Waals surface area contributed by atoms with Gasteiger partial charge in [-0.05, 0) is 13.8 Å². The van der Waals surface area contributed by atoms with Crippen molar-refractivity contribution in [1.82, 2.24) is 10.6 Å². The molecule has 0 spiro atoms. The third kappa shape index (κ3) is 9.88. The van der Waals surface area contributed by atoms with Crippen LogP contribution in [0.15, 0.2) is 0 Å². The predicted octanol–water partition coefficient (Wildman–Crippen LogP) is -1.66. The Hall–Kier alpha value is -0.990. The van der Waals surface area contributed by atoms with Crippen LogP contribution in [-0.2, 0) is 23.2 Å². The molecule has 0 aliphatic carbocycles. The van der Waals surface area contributed by atoms with Crippen LogP contribution in [0.3, 0.4) is 0 Å². The average Bonchev–Trinajstić information content (AvgIpc) is 2.38. The van der Waals surface area contributed by atoms with Crippen molar-refractivity contribution in [1.29, 1.82) is 0 Å². The molecule has 2 atom stereocenters. The van der Waals surface area contributed by atoms with E-state index in [4.69, 9.17) is 20.5 Å². The Bertz CT molecular complexity index is 308. The van der Waals surface area contributed by atoms with E-state index < -0.39 is 20.3 Å². The third-order valence-corrected chi connectivity index (χ3v) is 2.95. The van der Waals surface area contributed by atoms with E-state index in [0.717, 1.165) is 0 Å². The molecule has 0 radical (unpaired) electrons. The number of hydrogen-bond acceptors (Lipinski definition) is 7. The number of rotatable bonds is 10. The van der Waals surface area contributed by atoms with Crippen molar-refractivity contribution in [3.63, 3.8) is 0 Å². The Morgan fingerprint density at radius 2 is 1.35 bits per heavy atom. The molecule has 0 fully saturated rings. The third-order valence-electron chi connectivity index (χ3n) is 2.07. The molecule has 0 rings (SSSR count). The van der Waals surface area contributed by atoms with Crippen molar-refractivity contribution in [2.75, 3.05) is 26.3 Å². The second-order valence-electron chi connectivity index (χ2n) is 4.11. The molecular weight excluding hydrogens is 287 g/mol. The summed E-state index contributed by atoms with van der Waals surface area (Å²) in [5.74, 6) is -0.624. The second-order valence-corrected chi connectivity index (χ2v) is 5.18. The molecule has 0 saturated carbocycles. The summed E-state index contributed by atoms with van der Waals surface area (Å²) in [6.45, 7) is 3.62. The zero-order valence-corrected chi connectivity index (χ0v) is 12.7. The molecule has 0 heterocycles. The maximum Gasteiger partial charge on any atom is 0.319 e. The van der Waals surface area contributed by atoms with Gasteiger partial charge in [0.15, 0.2) is 0 Å². The van der Waals surface area contributed by atoms with Crippen molar-refractivity contribution < 1.29 is 23.2 Å². The molecule has 0 aromatic heterocycles. The lowest BCUT2D eigenvalue weighted by molar-refractivity contribution is -0.122. The molecule has 0 aliphatic rings. The Labute approximate surface area is 118 Å². The van der Waals surface area contributed by atoms with Crippen molar-refractivity contribution in [3.05, 3.63) is 0 Å². The molecule has 10 heteroatoms. The van der Waals surface area contributed by atoms with Gasteiger partial charge in [-0.25, -0.2) is 0 Å². The fraction of sp³-hybridized carbons (Fsp3) is 0.800. The molecule has 0 bridgehead atoms. The first-order valence-electron chi connectivity index (χ1n) is 6.20. The Balaban J connectivity index is 3.51. The molecule has 0 aliphatic heterocycles. The quantitative estimate of drug-likeness (QED) is 0.279. The number of carbonyl (C=O) groups is 2. The second kappa shape index (κ2) is 10.8. The largest absolute Gasteiger partial charge is 0.352 e. The minimum Gasteiger partial charge on any atom is -0.352 e. The number of nitrogens with one attached hydrogen (secondary N) is 2.